The van der Waals surface area contributed by atoms with E-state index in [0.717, 1.165) is 16.7 Å². The van der Waals surface area contributed by atoms with Gasteiger partial charge in [-0.2, -0.15) is 5.10 Å². The zero-order valence-electron chi connectivity index (χ0n) is 19.8. The van der Waals surface area contributed by atoms with Gasteiger partial charge in [0.25, 0.3) is 0 Å². The van der Waals surface area contributed by atoms with Crippen molar-refractivity contribution in [3.8, 4) is 11.5 Å². The average Bonchev–Trinajstić information content (AvgIpc) is 2.80. The molecule has 0 aliphatic rings. The van der Waals surface area contributed by atoms with Gasteiger partial charge in [-0.15, -0.1) is 0 Å². The molecule has 3 rings (SSSR count). The standard InChI is InChI=1S/C27H29N3O4/c1-18-6-5-7-22(12-18)17-34-24-11-9-21(14-25(24)33-4)16-28-30-27(32)15-26(31)29-23-10-8-19(2)20(3)13-23/h5-14,16H,15,17H2,1-4H3,(H,29,31)(H,30,32). The van der Waals surface area contributed by atoms with E-state index < -0.39 is 11.8 Å². The Labute approximate surface area is 199 Å². The molecule has 0 atom stereocenters. The lowest BCUT2D eigenvalue weighted by Crippen LogP contribution is -2.24. The first-order chi connectivity index (χ1) is 16.3. The van der Waals surface area contributed by atoms with Crippen molar-refractivity contribution in [3.63, 3.8) is 0 Å². The number of carbonyl (C=O) groups is 2. The Morgan fingerprint density at radius 3 is 2.47 bits per heavy atom. The van der Waals surface area contributed by atoms with Crippen LogP contribution in [0.2, 0.25) is 0 Å². The topological polar surface area (TPSA) is 89.0 Å². The Morgan fingerprint density at radius 1 is 0.912 bits per heavy atom. The van der Waals surface area contributed by atoms with Gasteiger partial charge in [-0.25, -0.2) is 5.43 Å². The third kappa shape index (κ3) is 7.20. The minimum Gasteiger partial charge on any atom is -0.493 e. The smallest absolute Gasteiger partial charge is 0.249 e. The maximum Gasteiger partial charge on any atom is 0.249 e. The molecule has 0 heterocycles. The highest BCUT2D eigenvalue weighted by atomic mass is 16.5. The second-order valence-electron chi connectivity index (χ2n) is 8.01. The van der Waals surface area contributed by atoms with Crippen LogP contribution in [0.15, 0.2) is 65.8 Å². The molecule has 7 heteroatoms. The maximum atomic E-state index is 12.1. The summed E-state index contributed by atoms with van der Waals surface area (Å²) in [6, 6.07) is 19.0. The predicted molar refractivity (Wildman–Crippen MR) is 133 cm³/mol. The van der Waals surface area contributed by atoms with Gasteiger partial charge in [-0.3, -0.25) is 9.59 Å². The minimum absolute atomic E-state index is 0.334. The first kappa shape index (κ1) is 24.5. The van der Waals surface area contributed by atoms with Crippen LogP contribution in [-0.4, -0.2) is 25.1 Å². The number of ether oxygens (including phenoxy) is 2. The van der Waals surface area contributed by atoms with E-state index in [1.807, 2.05) is 51.1 Å². The highest BCUT2D eigenvalue weighted by Gasteiger charge is 2.10. The van der Waals surface area contributed by atoms with Gasteiger partial charge in [0.1, 0.15) is 13.0 Å². The van der Waals surface area contributed by atoms with Crippen LogP contribution in [0.4, 0.5) is 5.69 Å². The van der Waals surface area contributed by atoms with Gasteiger partial charge in [0.15, 0.2) is 11.5 Å². The van der Waals surface area contributed by atoms with Gasteiger partial charge >= 0.3 is 0 Å². The molecule has 0 spiro atoms. The monoisotopic (exact) mass is 459 g/mol. The fraction of sp³-hybridized carbons (Fsp3) is 0.222. The summed E-state index contributed by atoms with van der Waals surface area (Å²) in [5, 5.41) is 6.65. The van der Waals surface area contributed by atoms with Crippen molar-refractivity contribution >= 4 is 23.7 Å². The number of nitrogens with one attached hydrogen (secondary N) is 2. The number of hydrazone groups is 1. The van der Waals surface area contributed by atoms with Crippen LogP contribution in [0.3, 0.4) is 0 Å². The Balaban J connectivity index is 1.51. The molecule has 0 aliphatic heterocycles. The Hall–Kier alpha value is -4.13. The molecule has 0 unspecified atom stereocenters. The molecule has 0 saturated carbocycles. The number of aryl methyl sites for hydroxylation is 3. The zero-order chi connectivity index (χ0) is 24.5. The van der Waals surface area contributed by atoms with Gasteiger partial charge in [0.05, 0.1) is 13.3 Å². The number of amides is 2. The van der Waals surface area contributed by atoms with Crippen molar-refractivity contribution in [2.45, 2.75) is 33.8 Å². The van der Waals surface area contributed by atoms with Crippen molar-refractivity contribution in [3.05, 3.63) is 88.5 Å². The molecule has 176 valence electrons. The van der Waals surface area contributed by atoms with Gasteiger partial charge < -0.3 is 14.8 Å². The Bertz CT molecular complexity index is 1200. The quantitative estimate of drug-likeness (QED) is 0.276. The summed E-state index contributed by atoms with van der Waals surface area (Å²) in [5.41, 5.74) is 8.16. The highest BCUT2D eigenvalue weighted by Crippen LogP contribution is 2.28. The lowest BCUT2D eigenvalue weighted by atomic mass is 10.1. The number of anilines is 1. The third-order valence-electron chi connectivity index (χ3n) is 5.18. The van der Waals surface area contributed by atoms with Crippen molar-refractivity contribution in [2.24, 2.45) is 5.10 Å². The van der Waals surface area contributed by atoms with Crippen LogP contribution in [-0.2, 0) is 16.2 Å². The van der Waals surface area contributed by atoms with Gasteiger partial charge in [0, 0.05) is 5.69 Å². The van der Waals surface area contributed by atoms with Crippen LogP contribution in [0, 0.1) is 20.8 Å². The number of carbonyl (C=O) groups excluding carboxylic acids is 2. The summed E-state index contributed by atoms with van der Waals surface area (Å²) in [7, 11) is 1.56. The van der Waals surface area contributed by atoms with Crippen LogP contribution in [0.25, 0.3) is 0 Å². The molecule has 2 N–H and O–H groups in total. The van der Waals surface area contributed by atoms with E-state index in [1.165, 1.54) is 11.8 Å². The fourth-order valence-corrected chi connectivity index (χ4v) is 3.24. The zero-order valence-corrected chi connectivity index (χ0v) is 19.8. The first-order valence-corrected chi connectivity index (χ1v) is 10.9. The summed E-state index contributed by atoms with van der Waals surface area (Å²) in [5.74, 6) is 0.235. The molecule has 0 fully saturated rings. The minimum atomic E-state index is -0.511. The summed E-state index contributed by atoms with van der Waals surface area (Å²) in [6.45, 7) is 6.41. The van der Waals surface area contributed by atoms with Crippen LogP contribution < -0.4 is 20.2 Å². The van der Waals surface area contributed by atoms with E-state index in [2.05, 4.69) is 21.9 Å². The van der Waals surface area contributed by atoms with E-state index in [-0.39, 0.29) is 6.42 Å². The summed E-state index contributed by atoms with van der Waals surface area (Å²) < 4.78 is 11.3. The summed E-state index contributed by atoms with van der Waals surface area (Å²) in [4.78, 5) is 24.1. The fourth-order valence-electron chi connectivity index (χ4n) is 3.24. The second kappa shape index (κ2) is 11.7. The number of rotatable bonds is 9. The number of hydrogen-bond donors (Lipinski definition) is 2. The van der Waals surface area contributed by atoms with Crippen LogP contribution in [0.5, 0.6) is 11.5 Å². The largest absolute Gasteiger partial charge is 0.493 e. The number of nitrogens with zero attached hydrogens (tertiary/aromatic N) is 1. The number of methoxy groups -OCH3 is 1. The molecular weight excluding hydrogens is 430 g/mol. The van der Waals surface area contributed by atoms with Crippen molar-refractivity contribution in [2.75, 3.05) is 12.4 Å². The maximum absolute atomic E-state index is 12.1. The summed E-state index contributed by atoms with van der Waals surface area (Å²) in [6.07, 6.45) is 1.14. The molecule has 34 heavy (non-hydrogen) atoms. The highest BCUT2D eigenvalue weighted by molar-refractivity contribution is 6.03. The van der Waals surface area contributed by atoms with Crippen LogP contribution >= 0.6 is 0 Å². The lowest BCUT2D eigenvalue weighted by molar-refractivity contribution is -0.126. The Morgan fingerprint density at radius 2 is 1.74 bits per heavy atom. The number of hydrogen-bond acceptors (Lipinski definition) is 5. The lowest BCUT2D eigenvalue weighted by Gasteiger charge is -2.11. The normalized spacial score (nSPS) is 10.7. The van der Waals surface area contributed by atoms with E-state index in [0.29, 0.717) is 29.4 Å². The van der Waals surface area contributed by atoms with Gasteiger partial charge in [0.2, 0.25) is 11.8 Å². The number of benzene rings is 3. The molecule has 7 nitrogen and oxygen atoms in total. The van der Waals surface area contributed by atoms with Gasteiger partial charge in [-0.05, 0) is 73.4 Å². The molecule has 3 aromatic rings. The Kier molecular flexibility index (Phi) is 8.40. The molecule has 3 aromatic carbocycles. The van der Waals surface area contributed by atoms with Gasteiger partial charge in [-0.1, -0.05) is 35.9 Å². The third-order valence-corrected chi connectivity index (χ3v) is 5.18. The van der Waals surface area contributed by atoms with E-state index in [9.17, 15) is 9.59 Å². The molecule has 0 bridgehead atoms. The van der Waals surface area contributed by atoms with Crippen molar-refractivity contribution < 1.29 is 19.1 Å². The molecular formula is C27H29N3O4. The first-order valence-electron chi connectivity index (χ1n) is 10.9. The van der Waals surface area contributed by atoms with E-state index in [4.69, 9.17) is 9.47 Å². The molecule has 0 saturated heterocycles. The summed E-state index contributed by atoms with van der Waals surface area (Å²) >= 11 is 0. The predicted octanol–water partition coefficient (Wildman–Crippen LogP) is 4.68. The van der Waals surface area contributed by atoms with Crippen molar-refractivity contribution in [1.82, 2.24) is 5.43 Å². The molecule has 0 aromatic heterocycles. The SMILES string of the molecule is COc1cc(C=NNC(=O)CC(=O)Nc2ccc(C)c(C)c2)ccc1OCc1cccc(C)c1. The molecule has 0 aliphatic carbocycles. The van der Waals surface area contributed by atoms with E-state index in [1.54, 1.807) is 31.4 Å². The molecule has 2 amide bonds. The second-order valence-corrected chi connectivity index (χ2v) is 8.01. The average molecular weight is 460 g/mol. The molecule has 0 radical (unpaired) electrons. The van der Waals surface area contributed by atoms with Crippen molar-refractivity contribution in [1.29, 1.82) is 0 Å². The van der Waals surface area contributed by atoms with Crippen LogP contribution in [0.1, 0.15) is 34.2 Å². The van der Waals surface area contributed by atoms with E-state index >= 15 is 0 Å².